The van der Waals surface area contributed by atoms with Crippen LogP contribution in [0.25, 0.3) is 0 Å². The third kappa shape index (κ3) is 6.44. The molecule has 0 aliphatic heterocycles. The zero-order valence-corrected chi connectivity index (χ0v) is 13.4. The molecule has 0 aliphatic rings. The van der Waals surface area contributed by atoms with Gasteiger partial charge in [-0.1, -0.05) is 12.1 Å². The second kappa shape index (κ2) is 9.73. The molecule has 5 nitrogen and oxygen atoms in total. The maximum atomic E-state index is 6.08. The van der Waals surface area contributed by atoms with Crippen molar-refractivity contribution in [2.75, 3.05) is 33.2 Å². The quantitative estimate of drug-likeness (QED) is 0.530. The summed E-state index contributed by atoms with van der Waals surface area (Å²) in [6, 6.07) is 5.95. The van der Waals surface area contributed by atoms with E-state index in [2.05, 4.69) is 6.07 Å². The van der Waals surface area contributed by atoms with E-state index in [1.807, 2.05) is 26.0 Å². The summed E-state index contributed by atoms with van der Waals surface area (Å²) in [5, 5.41) is 0. The molecule has 0 saturated carbocycles. The van der Waals surface area contributed by atoms with Crippen molar-refractivity contribution in [2.24, 2.45) is 0 Å². The van der Waals surface area contributed by atoms with Crippen LogP contribution in [0.3, 0.4) is 0 Å². The van der Waals surface area contributed by atoms with Gasteiger partial charge in [-0.25, -0.2) is 0 Å². The molecule has 120 valence electrons. The van der Waals surface area contributed by atoms with Gasteiger partial charge in [-0.2, -0.15) is 0 Å². The molecule has 1 rings (SSSR count). The lowest BCUT2D eigenvalue weighted by atomic mass is 10.0. The molecule has 1 aromatic carbocycles. The zero-order chi connectivity index (χ0) is 15.7. The molecule has 2 unspecified atom stereocenters. The monoisotopic (exact) mass is 297 g/mol. The number of benzene rings is 1. The third-order valence-corrected chi connectivity index (χ3v) is 3.40. The zero-order valence-electron chi connectivity index (χ0n) is 13.4. The van der Waals surface area contributed by atoms with E-state index in [4.69, 9.17) is 24.7 Å². The van der Waals surface area contributed by atoms with Gasteiger partial charge in [-0.3, -0.25) is 0 Å². The molecule has 0 bridgehead atoms. The minimum atomic E-state index is -0.204. The van der Waals surface area contributed by atoms with Crippen molar-refractivity contribution in [3.63, 3.8) is 0 Å². The summed E-state index contributed by atoms with van der Waals surface area (Å²) in [5.41, 5.74) is 9.18. The molecule has 0 aromatic heterocycles. The van der Waals surface area contributed by atoms with E-state index in [0.717, 1.165) is 24.1 Å². The maximum Gasteiger partial charge on any atom is 0.154 e. The van der Waals surface area contributed by atoms with Crippen LogP contribution in [0.15, 0.2) is 18.2 Å². The Balaban J connectivity index is 2.56. The Morgan fingerprint density at radius 1 is 0.952 bits per heavy atom. The molecular formula is C16H27NO4. The van der Waals surface area contributed by atoms with Crippen molar-refractivity contribution < 1.29 is 18.9 Å². The number of rotatable bonds is 10. The van der Waals surface area contributed by atoms with E-state index in [1.165, 1.54) is 5.56 Å². The minimum absolute atomic E-state index is 0.194. The minimum Gasteiger partial charge on any atom is -0.398 e. The van der Waals surface area contributed by atoms with Gasteiger partial charge in [0.25, 0.3) is 0 Å². The average molecular weight is 297 g/mol. The summed E-state index contributed by atoms with van der Waals surface area (Å²) in [4.78, 5) is 0. The van der Waals surface area contributed by atoms with Gasteiger partial charge in [0, 0.05) is 19.9 Å². The number of hydrogen-bond donors (Lipinski definition) is 1. The first kappa shape index (κ1) is 17.9. The van der Waals surface area contributed by atoms with Gasteiger partial charge < -0.3 is 24.7 Å². The van der Waals surface area contributed by atoms with Gasteiger partial charge in [-0.05, 0) is 43.9 Å². The Hall–Kier alpha value is -1.14. The van der Waals surface area contributed by atoms with E-state index in [0.29, 0.717) is 13.2 Å². The largest absolute Gasteiger partial charge is 0.398 e. The number of anilines is 1. The van der Waals surface area contributed by atoms with Crippen LogP contribution < -0.4 is 5.73 Å². The molecule has 0 saturated heterocycles. The van der Waals surface area contributed by atoms with Crippen LogP contribution in [-0.2, 0) is 31.8 Å². The van der Waals surface area contributed by atoms with Crippen molar-refractivity contribution in [3.05, 3.63) is 29.3 Å². The average Bonchev–Trinajstić information content (AvgIpc) is 2.49. The fourth-order valence-electron chi connectivity index (χ4n) is 1.99. The van der Waals surface area contributed by atoms with Crippen LogP contribution in [0.4, 0.5) is 5.69 Å². The van der Waals surface area contributed by atoms with Gasteiger partial charge in [0.15, 0.2) is 12.6 Å². The van der Waals surface area contributed by atoms with E-state index in [9.17, 15) is 0 Å². The Bertz CT molecular complexity index is 411. The summed E-state index contributed by atoms with van der Waals surface area (Å²) in [7, 11) is 3.26. The predicted molar refractivity (Wildman–Crippen MR) is 83.1 cm³/mol. The standard InChI is InChI=1S/C16H27NO4/c1-12(18-3)20-10-8-14-6-5-7-16(17)15(14)9-11-21-13(2)19-4/h5-7,12-13H,8-11,17H2,1-4H3. The number of nitrogens with two attached hydrogens (primary N) is 1. The highest BCUT2D eigenvalue weighted by molar-refractivity contribution is 5.51. The summed E-state index contributed by atoms with van der Waals surface area (Å²) < 4.78 is 21.2. The molecule has 21 heavy (non-hydrogen) atoms. The highest BCUT2D eigenvalue weighted by Crippen LogP contribution is 2.19. The van der Waals surface area contributed by atoms with Crippen molar-refractivity contribution in [1.29, 1.82) is 0 Å². The Morgan fingerprint density at radius 2 is 1.52 bits per heavy atom. The molecule has 0 spiro atoms. The SMILES string of the molecule is COC(C)OCCc1cccc(N)c1CCOC(C)OC. The van der Waals surface area contributed by atoms with Crippen molar-refractivity contribution in [3.8, 4) is 0 Å². The number of methoxy groups -OCH3 is 2. The van der Waals surface area contributed by atoms with E-state index in [-0.39, 0.29) is 12.6 Å². The second-order valence-electron chi connectivity index (χ2n) is 4.83. The van der Waals surface area contributed by atoms with E-state index < -0.39 is 0 Å². The first-order valence-electron chi connectivity index (χ1n) is 7.23. The van der Waals surface area contributed by atoms with E-state index in [1.54, 1.807) is 14.2 Å². The van der Waals surface area contributed by atoms with Crippen LogP contribution in [0.1, 0.15) is 25.0 Å². The molecule has 0 heterocycles. The molecule has 0 radical (unpaired) electrons. The van der Waals surface area contributed by atoms with Crippen molar-refractivity contribution in [1.82, 2.24) is 0 Å². The molecule has 0 aliphatic carbocycles. The molecular weight excluding hydrogens is 270 g/mol. The van der Waals surface area contributed by atoms with Gasteiger partial charge in [-0.15, -0.1) is 0 Å². The summed E-state index contributed by atoms with van der Waals surface area (Å²) in [6.45, 7) is 4.92. The highest BCUT2D eigenvalue weighted by atomic mass is 16.7. The van der Waals surface area contributed by atoms with Crippen LogP contribution in [0.2, 0.25) is 0 Å². The van der Waals surface area contributed by atoms with Crippen molar-refractivity contribution >= 4 is 5.69 Å². The number of nitrogen functional groups attached to an aromatic ring is 1. The van der Waals surface area contributed by atoms with Crippen LogP contribution >= 0.6 is 0 Å². The maximum absolute atomic E-state index is 6.08. The second-order valence-corrected chi connectivity index (χ2v) is 4.83. The molecule has 1 aromatic rings. The topological polar surface area (TPSA) is 62.9 Å². The van der Waals surface area contributed by atoms with Gasteiger partial charge >= 0.3 is 0 Å². The molecule has 0 amide bonds. The number of hydrogen-bond acceptors (Lipinski definition) is 5. The Labute approximate surface area is 127 Å². The van der Waals surface area contributed by atoms with Crippen LogP contribution in [0, 0.1) is 0 Å². The summed E-state index contributed by atoms with van der Waals surface area (Å²) >= 11 is 0. The molecule has 5 heteroatoms. The Kier molecular flexibility index (Phi) is 8.30. The third-order valence-electron chi connectivity index (χ3n) is 3.40. The number of ether oxygens (including phenoxy) is 4. The van der Waals surface area contributed by atoms with Crippen molar-refractivity contribution in [2.45, 2.75) is 39.3 Å². The summed E-state index contributed by atoms with van der Waals surface area (Å²) in [5.74, 6) is 0. The lowest BCUT2D eigenvalue weighted by Gasteiger charge is -2.16. The van der Waals surface area contributed by atoms with Gasteiger partial charge in [0.1, 0.15) is 0 Å². The Morgan fingerprint density at radius 3 is 2.10 bits per heavy atom. The summed E-state index contributed by atoms with van der Waals surface area (Å²) in [6.07, 6.45) is 1.16. The van der Waals surface area contributed by atoms with Gasteiger partial charge in [0.05, 0.1) is 13.2 Å². The first-order chi connectivity index (χ1) is 10.1. The fourth-order valence-corrected chi connectivity index (χ4v) is 1.99. The lowest BCUT2D eigenvalue weighted by molar-refractivity contribution is -0.110. The first-order valence-corrected chi connectivity index (χ1v) is 7.23. The lowest BCUT2D eigenvalue weighted by Crippen LogP contribution is -2.15. The smallest absolute Gasteiger partial charge is 0.154 e. The normalized spacial score (nSPS) is 14.1. The van der Waals surface area contributed by atoms with Gasteiger partial charge in [0.2, 0.25) is 0 Å². The van der Waals surface area contributed by atoms with Crippen LogP contribution in [-0.4, -0.2) is 40.0 Å². The van der Waals surface area contributed by atoms with E-state index >= 15 is 0 Å². The fraction of sp³-hybridized carbons (Fsp3) is 0.625. The molecule has 2 N–H and O–H groups in total. The molecule has 2 atom stereocenters. The molecule has 0 fully saturated rings. The predicted octanol–water partition coefficient (Wildman–Crippen LogP) is 2.37. The highest BCUT2D eigenvalue weighted by Gasteiger charge is 2.08. The van der Waals surface area contributed by atoms with Crippen LogP contribution in [0.5, 0.6) is 0 Å².